The monoisotopic (exact) mass is 476 g/mol. The fourth-order valence-electron chi connectivity index (χ4n) is 3.81. The summed E-state index contributed by atoms with van der Waals surface area (Å²) < 4.78 is 17.3. The van der Waals surface area contributed by atoms with Gasteiger partial charge in [-0.2, -0.15) is 0 Å². The summed E-state index contributed by atoms with van der Waals surface area (Å²) in [7, 11) is 0. The van der Waals surface area contributed by atoms with Gasteiger partial charge in [0.1, 0.15) is 17.2 Å². The van der Waals surface area contributed by atoms with Gasteiger partial charge in [0.05, 0.1) is 24.6 Å². The Kier molecular flexibility index (Phi) is 8.73. The number of rotatable bonds is 10. The van der Waals surface area contributed by atoms with E-state index in [-0.39, 0.29) is 18.4 Å². The zero-order valence-corrected chi connectivity index (χ0v) is 20.9. The Morgan fingerprint density at radius 3 is 1.83 bits per heavy atom. The first-order chi connectivity index (χ1) is 16.8. The van der Waals surface area contributed by atoms with Crippen LogP contribution in [-0.4, -0.2) is 31.6 Å². The van der Waals surface area contributed by atoms with Crippen molar-refractivity contribution >= 4 is 23.2 Å². The van der Waals surface area contributed by atoms with Crippen molar-refractivity contribution in [3.63, 3.8) is 0 Å². The zero-order valence-electron chi connectivity index (χ0n) is 20.9. The number of carbonyl (C=O) groups excluding carboxylic acids is 2. The maximum atomic E-state index is 12.7. The highest BCUT2D eigenvalue weighted by atomic mass is 16.5. The molecule has 0 atom stereocenters. The molecule has 0 aliphatic carbocycles. The molecule has 0 aliphatic heterocycles. The third kappa shape index (κ3) is 6.76. The number of anilines is 2. The van der Waals surface area contributed by atoms with E-state index < -0.39 is 0 Å². The molecule has 0 saturated heterocycles. The Morgan fingerprint density at radius 1 is 0.743 bits per heavy atom. The molecule has 0 fully saturated rings. The van der Waals surface area contributed by atoms with Crippen molar-refractivity contribution < 1.29 is 23.8 Å². The van der Waals surface area contributed by atoms with Gasteiger partial charge in [0.15, 0.2) is 6.61 Å². The van der Waals surface area contributed by atoms with Crippen LogP contribution in [0.2, 0.25) is 0 Å². The molecule has 2 amide bonds. The van der Waals surface area contributed by atoms with Crippen molar-refractivity contribution in [3.8, 4) is 17.2 Å². The second-order valence-electron chi connectivity index (χ2n) is 8.10. The van der Waals surface area contributed by atoms with E-state index in [1.165, 1.54) is 0 Å². The number of ether oxygens (including phenoxy) is 3. The second kappa shape index (κ2) is 11.9. The van der Waals surface area contributed by atoms with Gasteiger partial charge in [-0.1, -0.05) is 35.9 Å². The van der Waals surface area contributed by atoms with Crippen molar-refractivity contribution in [2.45, 2.75) is 34.6 Å². The van der Waals surface area contributed by atoms with E-state index in [4.69, 9.17) is 14.2 Å². The van der Waals surface area contributed by atoms with Gasteiger partial charge in [-0.15, -0.1) is 0 Å². The van der Waals surface area contributed by atoms with Crippen LogP contribution >= 0.6 is 0 Å². The van der Waals surface area contributed by atoms with Gasteiger partial charge >= 0.3 is 0 Å². The first kappa shape index (κ1) is 25.6. The summed E-state index contributed by atoms with van der Waals surface area (Å²) >= 11 is 0. The van der Waals surface area contributed by atoms with Crippen molar-refractivity contribution in [3.05, 3.63) is 76.9 Å². The Morgan fingerprint density at radius 2 is 1.29 bits per heavy atom. The van der Waals surface area contributed by atoms with Crippen molar-refractivity contribution in [1.82, 2.24) is 0 Å². The van der Waals surface area contributed by atoms with E-state index in [1.807, 2.05) is 52.8 Å². The fourth-order valence-corrected chi connectivity index (χ4v) is 3.81. The fraction of sp³-hybridized carbons (Fsp3) is 0.286. The third-order valence-corrected chi connectivity index (χ3v) is 5.19. The summed E-state index contributed by atoms with van der Waals surface area (Å²) in [5.74, 6) is 0.915. The van der Waals surface area contributed by atoms with Crippen LogP contribution in [0.1, 0.15) is 40.9 Å². The predicted octanol–water partition coefficient (Wildman–Crippen LogP) is 5.68. The van der Waals surface area contributed by atoms with E-state index in [0.717, 1.165) is 16.7 Å². The van der Waals surface area contributed by atoms with E-state index in [1.54, 1.807) is 36.4 Å². The van der Waals surface area contributed by atoms with E-state index >= 15 is 0 Å². The molecule has 0 unspecified atom stereocenters. The van der Waals surface area contributed by atoms with Crippen LogP contribution in [-0.2, 0) is 4.79 Å². The molecule has 0 bridgehead atoms. The number of benzene rings is 3. The molecule has 0 aliphatic rings. The first-order valence-corrected chi connectivity index (χ1v) is 11.6. The Balaban J connectivity index is 1.81. The second-order valence-corrected chi connectivity index (χ2v) is 8.10. The highest BCUT2D eigenvalue weighted by Crippen LogP contribution is 2.37. The van der Waals surface area contributed by atoms with E-state index in [9.17, 15) is 9.59 Å². The van der Waals surface area contributed by atoms with Crippen LogP contribution in [0.5, 0.6) is 17.2 Å². The SMILES string of the molecule is CCOc1cc(NC(=O)c2ccccc2)c(OCC)cc1NC(=O)COc1c(C)cc(C)cc1C. The molecule has 3 aromatic rings. The molecule has 2 N–H and O–H groups in total. The molecule has 0 radical (unpaired) electrons. The van der Waals surface area contributed by atoms with Gasteiger partial charge < -0.3 is 24.8 Å². The molecular formula is C28H32N2O5. The molecular weight excluding hydrogens is 444 g/mol. The number of hydrogen-bond donors (Lipinski definition) is 2. The molecule has 0 spiro atoms. The van der Waals surface area contributed by atoms with Crippen molar-refractivity contribution in [1.29, 1.82) is 0 Å². The minimum absolute atomic E-state index is 0.160. The normalized spacial score (nSPS) is 10.4. The molecule has 7 nitrogen and oxygen atoms in total. The van der Waals surface area contributed by atoms with Crippen LogP contribution in [0.4, 0.5) is 11.4 Å². The number of nitrogens with one attached hydrogen (secondary N) is 2. The van der Waals surface area contributed by atoms with Gasteiger partial charge in [-0.05, 0) is 57.9 Å². The number of aryl methyl sites for hydroxylation is 3. The van der Waals surface area contributed by atoms with E-state index in [0.29, 0.717) is 47.4 Å². The van der Waals surface area contributed by atoms with Crippen LogP contribution in [0.25, 0.3) is 0 Å². The molecule has 7 heteroatoms. The lowest BCUT2D eigenvalue weighted by molar-refractivity contribution is -0.118. The molecule has 184 valence electrons. The summed E-state index contributed by atoms with van der Waals surface area (Å²) in [5.41, 5.74) is 4.48. The number of amides is 2. The van der Waals surface area contributed by atoms with Crippen LogP contribution < -0.4 is 24.8 Å². The largest absolute Gasteiger partial charge is 0.492 e. The molecule has 35 heavy (non-hydrogen) atoms. The smallest absolute Gasteiger partial charge is 0.262 e. The summed E-state index contributed by atoms with van der Waals surface area (Å²) in [6.07, 6.45) is 0. The quantitative estimate of drug-likeness (QED) is 0.393. The summed E-state index contributed by atoms with van der Waals surface area (Å²) in [5, 5.41) is 5.72. The minimum atomic E-state index is -0.339. The highest BCUT2D eigenvalue weighted by molar-refractivity contribution is 6.05. The lowest BCUT2D eigenvalue weighted by atomic mass is 10.1. The highest BCUT2D eigenvalue weighted by Gasteiger charge is 2.17. The summed E-state index contributed by atoms with van der Waals surface area (Å²) in [4.78, 5) is 25.5. The number of carbonyl (C=O) groups is 2. The van der Waals surface area contributed by atoms with Crippen LogP contribution in [0, 0.1) is 20.8 Å². The molecule has 0 aromatic heterocycles. The average molecular weight is 477 g/mol. The molecule has 0 saturated carbocycles. The zero-order chi connectivity index (χ0) is 25.4. The van der Waals surface area contributed by atoms with Gasteiger partial charge in [0.25, 0.3) is 11.8 Å². The van der Waals surface area contributed by atoms with Gasteiger partial charge in [-0.3, -0.25) is 9.59 Å². The third-order valence-electron chi connectivity index (χ3n) is 5.19. The van der Waals surface area contributed by atoms with Crippen LogP contribution in [0.3, 0.4) is 0 Å². The van der Waals surface area contributed by atoms with Gasteiger partial charge in [0.2, 0.25) is 0 Å². The summed E-state index contributed by atoms with van der Waals surface area (Å²) in [6.45, 7) is 10.2. The Bertz CT molecular complexity index is 1170. The molecule has 0 heterocycles. The topological polar surface area (TPSA) is 85.9 Å². The lowest BCUT2D eigenvalue weighted by Gasteiger charge is -2.18. The van der Waals surface area contributed by atoms with Crippen molar-refractivity contribution in [2.24, 2.45) is 0 Å². The Hall–Kier alpha value is -4.00. The number of hydrogen-bond acceptors (Lipinski definition) is 5. The predicted molar refractivity (Wildman–Crippen MR) is 138 cm³/mol. The van der Waals surface area contributed by atoms with Crippen LogP contribution in [0.15, 0.2) is 54.6 Å². The van der Waals surface area contributed by atoms with Gasteiger partial charge in [-0.25, -0.2) is 0 Å². The van der Waals surface area contributed by atoms with E-state index in [2.05, 4.69) is 10.6 Å². The maximum absolute atomic E-state index is 12.7. The molecule has 3 aromatic carbocycles. The lowest BCUT2D eigenvalue weighted by Crippen LogP contribution is -2.21. The van der Waals surface area contributed by atoms with Gasteiger partial charge in [0, 0.05) is 17.7 Å². The first-order valence-electron chi connectivity index (χ1n) is 11.6. The maximum Gasteiger partial charge on any atom is 0.262 e. The summed E-state index contributed by atoms with van der Waals surface area (Å²) in [6, 6.07) is 16.2. The standard InChI is InChI=1S/C28H32N2O5/c1-6-33-24-16-23(30-28(32)21-11-9-8-10-12-21)25(34-7-2)15-22(24)29-26(31)17-35-27-19(4)13-18(3)14-20(27)5/h8-16H,6-7,17H2,1-5H3,(H,29,31)(H,30,32). The minimum Gasteiger partial charge on any atom is -0.492 e. The average Bonchev–Trinajstić information content (AvgIpc) is 2.81. The Labute approximate surface area is 206 Å². The van der Waals surface area contributed by atoms with Crippen molar-refractivity contribution in [2.75, 3.05) is 30.5 Å². The molecule has 3 rings (SSSR count).